The highest BCUT2D eigenvalue weighted by molar-refractivity contribution is 5.91. The minimum absolute atomic E-state index is 0.121. The van der Waals surface area contributed by atoms with Crippen LogP contribution < -0.4 is 0 Å². The number of rotatable bonds is 4. The van der Waals surface area contributed by atoms with E-state index in [-0.39, 0.29) is 11.9 Å². The van der Waals surface area contributed by atoms with Crippen molar-refractivity contribution in [3.05, 3.63) is 35.5 Å². The van der Waals surface area contributed by atoms with Gasteiger partial charge in [-0.15, -0.1) is 0 Å². The first-order valence-corrected chi connectivity index (χ1v) is 6.82. The van der Waals surface area contributed by atoms with Crippen molar-refractivity contribution in [1.82, 2.24) is 4.57 Å². The lowest BCUT2D eigenvalue weighted by Gasteiger charge is -2.14. The van der Waals surface area contributed by atoms with E-state index in [1.807, 2.05) is 33.0 Å². The Hall–Kier alpha value is -1.77. The lowest BCUT2D eigenvalue weighted by Crippen LogP contribution is -2.16. The third-order valence-electron chi connectivity index (χ3n) is 3.78. The molecule has 0 radical (unpaired) electrons. The fraction of sp³-hybridized carbons (Fsp3) is 0.438. The smallest absolute Gasteiger partial charge is 0.313 e. The van der Waals surface area contributed by atoms with Crippen molar-refractivity contribution >= 4 is 16.9 Å². The maximum atomic E-state index is 12.1. The van der Waals surface area contributed by atoms with Crippen LogP contribution in [-0.2, 0) is 16.6 Å². The quantitative estimate of drug-likeness (QED) is 0.786. The number of aryl methyl sites for hydroxylation is 1. The van der Waals surface area contributed by atoms with Crippen molar-refractivity contribution in [2.45, 2.75) is 33.1 Å². The van der Waals surface area contributed by atoms with Crippen LogP contribution in [0.1, 0.15) is 37.4 Å². The summed E-state index contributed by atoms with van der Waals surface area (Å²) in [5.41, 5.74) is 3.41. The first kappa shape index (κ1) is 13.7. The van der Waals surface area contributed by atoms with Gasteiger partial charge in [0.25, 0.3) is 0 Å². The van der Waals surface area contributed by atoms with Crippen molar-refractivity contribution in [3.8, 4) is 0 Å². The van der Waals surface area contributed by atoms with Crippen LogP contribution in [0.5, 0.6) is 0 Å². The molecule has 0 aliphatic heterocycles. The van der Waals surface area contributed by atoms with E-state index in [4.69, 9.17) is 4.74 Å². The number of para-hydroxylation sites is 1. The van der Waals surface area contributed by atoms with E-state index in [0.29, 0.717) is 6.61 Å². The zero-order chi connectivity index (χ0) is 14.0. The van der Waals surface area contributed by atoms with Gasteiger partial charge in [-0.2, -0.15) is 0 Å². The molecule has 0 fully saturated rings. The molecular formula is C16H21NO2. The molecule has 1 aromatic carbocycles. The standard InChI is InChI=1S/C16H21NO2/c1-5-12(16(18)19-6-2)15-11(3)17(4)14-10-8-7-9-13(14)15/h7-10,12H,5-6H2,1-4H3/t12-/m1/s1. The van der Waals surface area contributed by atoms with Gasteiger partial charge in [0.15, 0.2) is 0 Å². The Morgan fingerprint density at radius 3 is 2.63 bits per heavy atom. The minimum atomic E-state index is -0.175. The number of esters is 1. The lowest BCUT2D eigenvalue weighted by atomic mass is 9.94. The highest BCUT2D eigenvalue weighted by Gasteiger charge is 2.26. The van der Waals surface area contributed by atoms with Crippen molar-refractivity contribution in [2.24, 2.45) is 7.05 Å². The molecule has 3 nitrogen and oxygen atoms in total. The van der Waals surface area contributed by atoms with E-state index >= 15 is 0 Å². The first-order chi connectivity index (χ1) is 9.11. The van der Waals surface area contributed by atoms with Gasteiger partial charge in [-0.05, 0) is 31.9 Å². The molecule has 19 heavy (non-hydrogen) atoms. The number of carbonyl (C=O) groups is 1. The largest absolute Gasteiger partial charge is 0.466 e. The number of aromatic nitrogens is 1. The normalized spacial score (nSPS) is 12.6. The summed E-state index contributed by atoms with van der Waals surface area (Å²) in [6.07, 6.45) is 0.758. The second kappa shape index (κ2) is 5.47. The molecule has 3 heteroatoms. The molecule has 1 aromatic heterocycles. The third-order valence-corrected chi connectivity index (χ3v) is 3.78. The van der Waals surface area contributed by atoms with Crippen molar-refractivity contribution in [3.63, 3.8) is 0 Å². The molecule has 0 aliphatic rings. The van der Waals surface area contributed by atoms with E-state index in [9.17, 15) is 4.79 Å². The van der Waals surface area contributed by atoms with Crippen LogP contribution in [0.2, 0.25) is 0 Å². The van der Waals surface area contributed by atoms with Gasteiger partial charge in [-0.3, -0.25) is 4.79 Å². The Morgan fingerprint density at radius 2 is 2.00 bits per heavy atom. The van der Waals surface area contributed by atoms with Gasteiger partial charge in [-0.25, -0.2) is 0 Å². The highest BCUT2D eigenvalue weighted by atomic mass is 16.5. The second-order valence-electron chi connectivity index (χ2n) is 4.79. The van der Waals surface area contributed by atoms with E-state index < -0.39 is 0 Å². The predicted octanol–water partition coefficient (Wildman–Crippen LogP) is 3.54. The number of fused-ring (bicyclic) bond motifs is 1. The van der Waals surface area contributed by atoms with Gasteiger partial charge in [0, 0.05) is 23.6 Å². The second-order valence-corrected chi connectivity index (χ2v) is 4.79. The zero-order valence-electron chi connectivity index (χ0n) is 12.1. The molecule has 0 saturated carbocycles. The average Bonchev–Trinajstić information content (AvgIpc) is 2.66. The molecule has 0 amide bonds. The summed E-state index contributed by atoms with van der Waals surface area (Å²) in [7, 11) is 2.04. The summed E-state index contributed by atoms with van der Waals surface area (Å²) >= 11 is 0. The summed E-state index contributed by atoms with van der Waals surface area (Å²) < 4.78 is 7.36. The summed E-state index contributed by atoms with van der Waals surface area (Å²) in [5.74, 6) is -0.296. The molecule has 1 atom stereocenters. The molecule has 102 valence electrons. The van der Waals surface area contributed by atoms with Crippen LogP contribution in [-0.4, -0.2) is 17.1 Å². The number of hydrogen-bond acceptors (Lipinski definition) is 2. The van der Waals surface area contributed by atoms with Crippen LogP contribution in [0.4, 0.5) is 0 Å². The topological polar surface area (TPSA) is 31.2 Å². The van der Waals surface area contributed by atoms with Crippen LogP contribution in [0.3, 0.4) is 0 Å². The summed E-state index contributed by atoms with van der Waals surface area (Å²) in [4.78, 5) is 12.1. The van der Waals surface area contributed by atoms with Gasteiger partial charge in [0.1, 0.15) is 0 Å². The third kappa shape index (κ3) is 2.25. The maximum Gasteiger partial charge on any atom is 0.313 e. The maximum absolute atomic E-state index is 12.1. The van der Waals surface area contributed by atoms with Crippen LogP contribution >= 0.6 is 0 Å². The number of nitrogens with zero attached hydrogens (tertiary/aromatic N) is 1. The van der Waals surface area contributed by atoms with Crippen LogP contribution in [0, 0.1) is 6.92 Å². The molecule has 0 unspecified atom stereocenters. The molecule has 0 N–H and O–H groups in total. The molecular weight excluding hydrogens is 238 g/mol. The van der Waals surface area contributed by atoms with Gasteiger partial charge in [-0.1, -0.05) is 25.1 Å². The summed E-state index contributed by atoms with van der Waals surface area (Å²) in [6.45, 7) is 6.37. The number of ether oxygens (including phenoxy) is 1. The Bertz CT molecular complexity index is 598. The first-order valence-electron chi connectivity index (χ1n) is 6.82. The fourth-order valence-electron chi connectivity index (χ4n) is 2.72. The molecule has 2 rings (SSSR count). The SMILES string of the molecule is CCOC(=O)[C@H](CC)c1c(C)n(C)c2ccccc12. The number of carbonyl (C=O) groups excluding carboxylic acids is 1. The summed E-state index contributed by atoms with van der Waals surface area (Å²) in [5, 5.41) is 1.16. The van der Waals surface area contributed by atoms with Crippen molar-refractivity contribution < 1.29 is 9.53 Å². The van der Waals surface area contributed by atoms with Crippen LogP contribution in [0.15, 0.2) is 24.3 Å². The van der Waals surface area contributed by atoms with Gasteiger partial charge in [0.05, 0.1) is 12.5 Å². The van der Waals surface area contributed by atoms with Crippen LogP contribution in [0.25, 0.3) is 10.9 Å². The van der Waals surface area contributed by atoms with E-state index in [1.165, 1.54) is 0 Å². The molecule has 2 aromatic rings. The molecule has 0 aliphatic carbocycles. The predicted molar refractivity (Wildman–Crippen MR) is 77.3 cm³/mol. The van der Waals surface area contributed by atoms with Gasteiger partial charge in [0.2, 0.25) is 0 Å². The molecule has 1 heterocycles. The molecule has 0 spiro atoms. The van der Waals surface area contributed by atoms with Crippen molar-refractivity contribution in [1.29, 1.82) is 0 Å². The van der Waals surface area contributed by atoms with Gasteiger partial charge >= 0.3 is 5.97 Å². The highest BCUT2D eigenvalue weighted by Crippen LogP contribution is 2.33. The monoisotopic (exact) mass is 259 g/mol. The Morgan fingerprint density at radius 1 is 1.32 bits per heavy atom. The van der Waals surface area contributed by atoms with Gasteiger partial charge < -0.3 is 9.30 Å². The lowest BCUT2D eigenvalue weighted by molar-refractivity contribution is -0.145. The van der Waals surface area contributed by atoms with E-state index in [1.54, 1.807) is 0 Å². The van der Waals surface area contributed by atoms with E-state index in [2.05, 4.69) is 23.6 Å². The Kier molecular flexibility index (Phi) is 3.93. The number of hydrogen-bond donors (Lipinski definition) is 0. The number of benzene rings is 1. The average molecular weight is 259 g/mol. The van der Waals surface area contributed by atoms with E-state index in [0.717, 1.165) is 28.6 Å². The fourth-order valence-corrected chi connectivity index (χ4v) is 2.72. The molecule has 0 saturated heterocycles. The van der Waals surface area contributed by atoms with Crippen molar-refractivity contribution in [2.75, 3.05) is 6.61 Å². The Balaban J connectivity index is 2.60. The minimum Gasteiger partial charge on any atom is -0.466 e. The molecule has 0 bridgehead atoms. The zero-order valence-corrected chi connectivity index (χ0v) is 12.1. The Labute approximate surface area is 114 Å². The summed E-state index contributed by atoms with van der Waals surface area (Å²) in [6, 6.07) is 8.21.